The Kier molecular flexibility index (Phi) is 10.7. The number of amides is 4. The smallest absolute Gasteiger partial charge is 0.408 e. The zero-order valence-corrected chi connectivity index (χ0v) is 33.1. The molecular weight excluding hydrogens is 793 g/mol. The monoisotopic (exact) mass is 838 g/mol. The van der Waals surface area contributed by atoms with E-state index in [-0.39, 0.29) is 30.5 Å². The second-order valence-corrected chi connectivity index (χ2v) is 19.1. The number of alkyl halides is 4. The van der Waals surface area contributed by atoms with Crippen LogP contribution in [0.3, 0.4) is 0 Å². The van der Waals surface area contributed by atoms with Gasteiger partial charge in [0.15, 0.2) is 5.69 Å². The fourth-order valence-electron chi connectivity index (χ4n) is 7.91. The molecule has 7 rings (SSSR count). The highest BCUT2D eigenvalue weighted by atomic mass is 32.2. The van der Waals surface area contributed by atoms with Crippen LogP contribution in [0.4, 0.5) is 22.4 Å². The molecule has 5 aliphatic rings. The molecule has 3 N–H and O–H groups in total. The maximum atomic E-state index is 16.2. The lowest BCUT2D eigenvalue weighted by Crippen LogP contribution is -2.60. The Hall–Kier alpha value is -4.59. The van der Waals surface area contributed by atoms with Gasteiger partial charge in [0.2, 0.25) is 34.1 Å². The summed E-state index contributed by atoms with van der Waals surface area (Å²) in [5.74, 6) is -9.46. The molecule has 2 bridgehead atoms. The largest absolute Gasteiger partial charge is 0.468 e. The molecule has 2 aliphatic heterocycles. The third kappa shape index (κ3) is 8.31. The summed E-state index contributed by atoms with van der Waals surface area (Å²) in [5.41, 5.74) is -5.63. The maximum absolute atomic E-state index is 16.2. The third-order valence-corrected chi connectivity index (χ3v) is 13.1. The number of para-hydroxylation sites is 2. The van der Waals surface area contributed by atoms with E-state index in [1.54, 1.807) is 32.9 Å². The number of hydrogen-bond donors (Lipinski definition) is 3. The summed E-state index contributed by atoms with van der Waals surface area (Å²) in [5, 5.41) is 4.08. The number of carbonyl (C=O) groups is 4. The van der Waals surface area contributed by atoms with E-state index in [4.69, 9.17) is 14.2 Å². The van der Waals surface area contributed by atoms with Crippen LogP contribution >= 0.6 is 0 Å². The predicted octanol–water partition coefficient (Wildman–Crippen LogP) is 3.86. The van der Waals surface area contributed by atoms with Gasteiger partial charge in [-0.15, -0.1) is 0 Å². The van der Waals surface area contributed by atoms with Gasteiger partial charge in [-0.2, -0.15) is 8.78 Å². The molecule has 1 aromatic carbocycles. The van der Waals surface area contributed by atoms with E-state index < -0.39 is 129 Å². The molecule has 0 spiro atoms. The molecule has 316 valence electrons. The van der Waals surface area contributed by atoms with Crippen molar-refractivity contribution >= 4 is 44.9 Å². The molecule has 15 nitrogen and oxygen atoms in total. The first-order valence-electron chi connectivity index (χ1n) is 19.2. The summed E-state index contributed by atoms with van der Waals surface area (Å²) in [6.45, 7) is 5.63. The summed E-state index contributed by atoms with van der Waals surface area (Å²) in [7, 11) is -4.21. The zero-order chi connectivity index (χ0) is 42.0. The number of nitrogens with one attached hydrogen (secondary N) is 3. The standard InChI is InChI=1S/C38H46F4N6O9S/c1-35(2,3)28-32(50)48-19-36(4,18-24(48)30(49)46-37(17-21(37)29(39)40)33(51)47-58(53,54)20-13-14-20)57-31-27(43-22-9-5-6-10-23(22)44-31)38(41,42)15-8-16-55-25-11-7-12-26(25)56-34(52)45-28/h5-6,8-10,15,20-21,24-26,28-29H,7,11-14,16-19H2,1-4H3,(H,45,52)(H,46,49)(H,47,51)/b15-8-/t21-,24-,25+,26+,28+,36+,37+/m0/s1. The molecule has 7 atom stereocenters. The molecule has 3 heterocycles. The van der Waals surface area contributed by atoms with Crippen LogP contribution in [-0.4, -0.2) is 107 Å². The first-order chi connectivity index (χ1) is 27.1. The summed E-state index contributed by atoms with van der Waals surface area (Å²) in [4.78, 5) is 65.6. The van der Waals surface area contributed by atoms with Gasteiger partial charge in [0.1, 0.15) is 29.3 Å². The van der Waals surface area contributed by atoms with Gasteiger partial charge in [-0.25, -0.2) is 32.0 Å². The van der Waals surface area contributed by atoms with Crippen LogP contribution in [0, 0.1) is 11.3 Å². The average Bonchev–Trinajstić information content (AvgIpc) is 4.05. The molecule has 3 aliphatic carbocycles. The quantitative estimate of drug-likeness (QED) is 0.283. The van der Waals surface area contributed by atoms with E-state index in [0.29, 0.717) is 25.3 Å². The Morgan fingerprint density at radius 3 is 2.33 bits per heavy atom. The van der Waals surface area contributed by atoms with Crippen molar-refractivity contribution in [3.05, 3.63) is 42.1 Å². The van der Waals surface area contributed by atoms with Gasteiger partial charge in [-0.05, 0) is 69.1 Å². The lowest BCUT2D eigenvalue weighted by atomic mass is 9.85. The number of benzene rings is 1. The molecule has 0 unspecified atom stereocenters. The highest BCUT2D eigenvalue weighted by Crippen LogP contribution is 2.49. The number of sulfonamides is 1. The SMILES string of the molecule is CC(C)(C)[C@@H]1NC(=O)O[C@@H]2CCC[C@H]2OC/C=C\C(F)(F)c2nc3ccccc3nc2O[C@]2(C)C[C@@H](C(=O)N[C@]3(C(=O)NS(=O)(=O)C4CC4)C[C@H]3C(F)F)N(C2)C1=O. The molecule has 4 fully saturated rings. The number of ether oxygens (including phenoxy) is 3. The first kappa shape index (κ1) is 41.6. The van der Waals surface area contributed by atoms with Gasteiger partial charge in [0.05, 0.1) is 41.5 Å². The fourth-order valence-corrected chi connectivity index (χ4v) is 9.28. The van der Waals surface area contributed by atoms with Crippen LogP contribution in [0.15, 0.2) is 36.4 Å². The van der Waals surface area contributed by atoms with Gasteiger partial charge >= 0.3 is 12.0 Å². The Labute approximate surface area is 332 Å². The molecular formula is C38H46F4N6O9S. The molecule has 2 aromatic rings. The Morgan fingerprint density at radius 2 is 1.69 bits per heavy atom. The highest BCUT2D eigenvalue weighted by Gasteiger charge is 2.67. The van der Waals surface area contributed by atoms with E-state index in [2.05, 4.69) is 20.6 Å². The minimum atomic E-state index is -4.21. The van der Waals surface area contributed by atoms with Crippen LogP contribution < -0.4 is 20.1 Å². The summed E-state index contributed by atoms with van der Waals surface area (Å²) >= 11 is 0. The molecule has 58 heavy (non-hydrogen) atoms. The molecule has 4 amide bonds. The average molecular weight is 839 g/mol. The number of rotatable bonds is 6. The second kappa shape index (κ2) is 14.9. The van der Waals surface area contributed by atoms with Crippen molar-refractivity contribution in [3.8, 4) is 5.88 Å². The molecule has 0 radical (unpaired) electrons. The van der Waals surface area contributed by atoms with Gasteiger partial charge in [0, 0.05) is 6.42 Å². The van der Waals surface area contributed by atoms with E-state index in [9.17, 15) is 36.4 Å². The normalized spacial score (nSPS) is 32.2. The number of hydrogen-bond acceptors (Lipinski definition) is 11. The number of alkyl carbamates (subject to hydrolysis) is 1. The fraction of sp³-hybridized carbons (Fsp3) is 0.632. The second-order valence-electron chi connectivity index (χ2n) is 17.1. The molecule has 1 aromatic heterocycles. The van der Waals surface area contributed by atoms with E-state index >= 15 is 8.78 Å². The minimum Gasteiger partial charge on any atom is -0.468 e. The number of allylic oxidation sites excluding steroid dienone is 1. The number of halogens is 4. The third-order valence-electron chi connectivity index (χ3n) is 11.3. The van der Waals surface area contributed by atoms with E-state index in [1.807, 2.05) is 4.72 Å². The van der Waals surface area contributed by atoms with Gasteiger partial charge in [-0.3, -0.25) is 19.1 Å². The van der Waals surface area contributed by atoms with Gasteiger partial charge < -0.3 is 29.7 Å². The number of fused-ring (bicyclic) bond motifs is 5. The maximum Gasteiger partial charge on any atom is 0.408 e. The number of carbonyl (C=O) groups excluding carboxylic acids is 4. The van der Waals surface area contributed by atoms with Crippen LogP contribution in [0.2, 0.25) is 0 Å². The minimum absolute atomic E-state index is 0.127. The van der Waals surface area contributed by atoms with E-state index in [0.717, 1.165) is 11.0 Å². The van der Waals surface area contributed by atoms with Crippen LogP contribution in [0.5, 0.6) is 5.88 Å². The number of nitrogens with zero attached hydrogens (tertiary/aromatic N) is 3. The summed E-state index contributed by atoms with van der Waals surface area (Å²) in [6, 6.07) is 3.23. The molecule has 20 heteroatoms. The van der Waals surface area contributed by atoms with Gasteiger partial charge in [0.25, 0.3) is 5.91 Å². The molecule has 1 saturated heterocycles. The van der Waals surface area contributed by atoms with Crippen LogP contribution in [-0.2, 0) is 39.8 Å². The van der Waals surface area contributed by atoms with Crippen molar-refractivity contribution < 1.29 is 59.4 Å². The van der Waals surface area contributed by atoms with Crippen molar-refractivity contribution in [2.75, 3.05) is 13.2 Å². The first-order valence-corrected chi connectivity index (χ1v) is 20.7. The van der Waals surface area contributed by atoms with Crippen molar-refractivity contribution in [2.45, 2.75) is 126 Å². The van der Waals surface area contributed by atoms with Crippen molar-refractivity contribution in [1.29, 1.82) is 0 Å². The lowest BCUT2D eigenvalue weighted by molar-refractivity contribution is -0.143. The lowest BCUT2D eigenvalue weighted by Gasteiger charge is -2.36. The van der Waals surface area contributed by atoms with Gasteiger partial charge in [-0.1, -0.05) is 39.0 Å². The van der Waals surface area contributed by atoms with Crippen molar-refractivity contribution in [1.82, 2.24) is 30.2 Å². The van der Waals surface area contributed by atoms with E-state index in [1.165, 1.54) is 19.1 Å². The summed E-state index contributed by atoms with van der Waals surface area (Å²) < 4.78 is 106. The highest BCUT2D eigenvalue weighted by molar-refractivity contribution is 7.91. The number of aromatic nitrogens is 2. The van der Waals surface area contributed by atoms with Crippen LogP contribution in [0.25, 0.3) is 11.0 Å². The van der Waals surface area contributed by atoms with Crippen molar-refractivity contribution in [2.24, 2.45) is 11.3 Å². The topological polar surface area (TPSA) is 195 Å². The molecule has 3 saturated carbocycles. The predicted molar refractivity (Wildman–Crippen MR) is 197 cm³/mol. The van der Waals surface area contributed by atoms with Crippen LogP contribution in [0.1, 0.15) is 78.3 Å². The van der Waals surface area contributed by atoms with Crippen molar-refractivity contribution in [3.63, 3.8) is 0 Å². The zero-order valence-electron chi connectivity index (χ0n) is 32.3. The Bertz CT molecular complexity index is 2130. The summed E-state index contributed by atoms with van der Waals surface area (Å²) in [6.07, 6.45) is -2.83. The Balaban J connectivity index is 1.29. The Morgan fingerprint density at radius 1 is 1.02 bits per heavy atom.